The molecule has 0 atom stereocenters. The Morgan fingerprint density at radius 3 is 2.88 bits per heavy atom. The van der Waals surface area contributed by atoms with E-state index in [0.29, 0.717) is 11.3 Å². The van der Waals surface area contributed by atoms with Crippen LogP contribution in [0.4, 0.5) is 4.39 Å². The average molecular weight is 243 g/mol. The highest BCUT2D eigenvalue weighted by Crippen LogP contribution is 2.32. The lowest BCUT2D eigenvalue weighted by molar-refractivity contribution is 0.204. The monoisotopic (exact) mass is 242 g/mol. The molecular formula is C12H16ClFN2. The van der Waals surface area contributed by atoms with Gasteiger partial charge in [0.2, 0.25) is 0 Å². The molecule has 1 heterocycles. The normalized spacial score (nSPS) is 24.5. The molecule has 0 N–H and O–H groups in total. The summed E-state index contributed by atoms with van der Waals surface area (Å²) in [5, 5.41) is 0.370. The summed E-state index contributed by atoms with van der Waals surface area (Å²) < 4.78 is 12.9. The van der Waals surface area contributed by atoms with Crippen molar-refractivity contribution in [3.05, 3.63) is 29.8 Å². The van der Waals surface area contributed by atoms with Gasteiger partial charge in [0.25, 0.3) is 0 Å². The van der Waals surface area contributed by atoms with Crippen molar-refractivity contribution in [1.82, 2.24) is 9.88 Å². The summed E-state index contributed by atoms with van der Waals surface area (Å²) in [5.41, 5.74) is 0.921. The summed E-state index contributed by atoms with van der Waals surface area (Å²) >= 11 is 5.93. The Bertz CT molecular complexity index is 353. The highest BCUT2D eigenvalue weighted by molar-refractivity contribution is 6.21. The number of aromatic nitrogens is 1. The van der Waals surface area contributed by atoms with Crippen LogP contribution in [0.2, 0.25) is 0 Å². The molecule has 0 amide bonds. The highest BCUT2D eigenvalue weighted by atomic mass is 35.5. The van der Waals surface area contributed by atoms with Crippen LogP contribution in [0.3, 0.4) is 0 Å². The smallest absolute Gasteiger partial charge is 0.141 e. The number of alkyl halides is 1. The number of nitrogens with zero attached hydrogens (tertiary/aromatic N) is 2. The minimum absolute atomic E-state index is 0.268. The molecule has 1 aliphatic rings. The van der Waals surface area contributed by atoms with Crippen molar-refractivity contribution in [1.29, 1.82) is 0 Å². The van der Waals surface area contributed by atoms with Gasteiger partial charge in [-0.3, -0.25) is 4.98 Å². The second-order valence-corrected chi connectivity index (χ2v) is 5.26. The average Bonchev–Trinajstić information content (AvgIpc) is 2.15. The van der Waals surface area contributed by atoms with Crippen molar-refractivity contribution in [3.8, 4) is 0 Å². The fraction of sp³-hybridized carbons (Fsp3) is 0.583. The predicted molar refractivity (Wildman–Crippen MR) is 62.9 cm³/mol. The lowest BCUT2D eigenvalue weighted by Crippen LogP contribution is -2.34. The molecule has 0 aliphatic heterocycles. The largest absolute Gasteiger partial charge is 0.302 e. The minimum atomic E-state index is -0.268. The van der Waals surface area contributed by atoms with Gasteiger partial charge in [0, 0.05) is 24.7 Å². The van der Waals surface area contributed by atoms with Crippen LogP contribution in [0.15, 0.2) is 18.5 Å². The van der Waals surface area contributed by atoms with Gasteiger partial charge in [-0.15, -0.1) is 11.6 Å². The van der Waals surface area contributed by atoms with E-state index in [1.165, 1.54) is 12.3 Å². The van der Waals surface area contributed by atoms with Gasteiger partial charge in [-0.1, -0.05) is 0 Å². The van der Waals surface area contributed by atoms with Crippen LogP contribution in [0, 0.1) is 11.7 Å². The van der Waals surface area contributed by atoms with E-state index in [2.05, 4.69) is 9.88 Å². The van der Waals surface area contributed by atoms with E-state index in [4.69, 9.17) is 11.6 Å². The second kappa shape index (κ2) is 5.11. The fourth-order valence-corrected chi connectivity index (χ4v) is 2.67. The Morgan fingerprint density at radius 2 is 2.25 bits per heavy atom. The quantitative estimate of drug-likeness (QED) is 0.755. The summed E-state index contributed by atoms with van der Waals surface area (Å²) in [7, 11) is 2.05. The number of hydrogen-bond donors (Lipinski definition) is 0. The third-order valence-corrected chi connectivity index (χ3v) is 3.32. The molecule has 0 unspecified atom stereocenters. The SMILES string of the molecule is CN(Cc1cncc(F)c1)CC1CC(Cl)C1. The molecule has 2 nitrogen and oxygen atoms in total. The van der Waals surface area contributed by atoms with Crippen molar-refractivity contribution in [2.24, 2.45) is 5.92 Å². The first kappa shape index (κ1) is 11.8. The molecule has 4 heteroatoms. The summed E-state index contributed by atoms with van der Waals surface area (Å²) in [6, 6.07) is 1.54. The van der Waals surface area contributed by atoms with Crippen LogP contribution >= 0.6 is 11.6 Å². The Hall–Kier alpha value is -0.670. The molecule has 0 bridgehead atoms. The Balaban J connectivity index is 1.80. The summed E-state index contributed by atoms with van der Waals surface area (Å²) in [6.45, 7) is 1.77. The van der Waals surface area contributed by atoms with E-state index in [9.17, 15) is 4.39 Å². The van der Waals surface area contributed by atoms with Crippen molar-refractivity contribution >= 4 is 11.6 Å². The van der Waals surface area contributed by atoms with Crippen LogP contribution < -0.4 is 0 Å². The third-order valence-electron chi connectivity index (χ3n) is 2.96. The lowest BCUT2D eigenvalue weighted by Gasteiger charge is -2.34. The molecular weight excluding hydrogens is 227 g/mol. The molecule has 1 aromatic rings. The van der Waals surface area contributed by atoms with E-state index in [1.807, 2.05) is 7.05 Å². The van der Waals surface area contributed by atoms with Crippen LogP contribution in [0.25, 0.3) is 0 Å². The maximum absolute atomic E-state index is 12.9. The standard InChI is InChI=1S/C12H16ClFN2/c1-16(7-9-2-11(13)3-9)8-10-4-12(14)6-15-5-10/h4-6,9,11H,2-3,7-8H2,1H3. The van der Waals surface area contributed by atoms with Crippen molar-refractivity contribution < 1.29 is 4.39 Å². The molecule has 1 saturated carbocycles. The van der Waals surface area contributed by atoms with Crippen molar-refractivity contribution in [2.45, 2.75) is 24.8 Å². The molecule has 1 aliphatic carbocycles. The predicted octanol–water partition coefficient (Wildman–Crippen LogP) is 2.67. The first-order valence-electron chi connectivity index (χ1n) is 5.55. The molecule has 1 aromatic heterocycles. The van der Waals surface area contributed by atoms with Gasteiger partial charge in [0.15, 0.2) is 0 Å². The van der Waals surface area contributed by atoms with Crippen molar-refractivity contribution in [3.63, 3.8) is 0 Å². The molecule has 16 heavy (non-hydrogen) atoms. The number of pyridine rings is 1. The summed E-state index contributed by atoms with van der Waals surface area (Å²) in [4.78, 5) is 6.04. The zero-order chi connectivity index (χ0) is 11.5. The number of halogens is 2. The lowest BCUT2D eigenvalue weighted by atomic mass is 9.84. The summed E-state index contributed by atoms with van der Waals surface area (Å²) in [6.07, 6.45) is 5.15. The van der Waals surface area contributed by atoms with Crippen LogP contribution in [-0.4, -0.2) is 28.9 Å². The zero-order valence-electron chi connectivity index (χ0n) is 9.37. The topological polar surface area (TPSA) is 16.1 Å². The Morgan fingerprint density at radius 1 is 1.50 bits per heavy atom. The fourth-order valence-electron chi connectivity index (χ4n) is 2.16. The van der Waals surface area contributed by atoms with Crippen LogP contribution in [0.5, 0.6) is 0 Å². The van der Waals surface area contributed by atoms with Crippen LogP contribution in [-0.2, 0) is 6.54 Å². The van der Waals surface area contributed by atoms with Crippen LogP contribution in [0.1, 0.15) is 18.4 Å². The minimum Gasteiger partial charge on any atom is -0.302 e. The maximum atomic E-state index is 12.9. The summed E-state index contributed by atoms with van der Waals surface area (Å²) in [5.74, 6) is 0.435. The zero-order valence-corrected chi connectivity index (χ0v) is 10.1. The van der Waals surface area contributed by atoms with E-state index >= 15 is 0 Å². The number of hydrogen-bond acceptors (Lipinski definition) is 2. The molecule has 0 radical (unpaired) electrons. The van der Waals surface area contributed by atoms with Crippen molar-refractivity contribution in [2.75, 3.05) is 13.6 Å². The second-order valence-electron chi connectivity index (χ2n) is 4.64. The van der Waals surface area contributed by atoms with E-state index in [1.54, 1.807) is 6.20 Å². The molecule has 0 aromatic carbocycles. The van der Waals surface area contributed by atoms with E-state index in [0.717, 1.165) is 31.5 Å². The Labute approximate surface area is 100 Å². The maximum Gasteiger partial charge on any atom is 0.141 e. The van der Waals surface area contributed by atoms with Gasteiger partial charge in [0.1, 0.15) is 5.82 Å². The molecule has 0 saturated heterocycles. The van der Waals surface area contributed by atoms with Gasteiger partial charge in [-0.05, 0) is 37.4 Å². The first-order valence-corrected chi connectivity index (χ1v) is 5.99. The highest BCUT2D eigenvalue weighted by Gasteiger charge is 2.27. The van der Waals surface area contributed by atoms with E-state index < -0.39 is 0 Å². The van der Waals surface area contributed by atoms with Gasteiger partial charge in [0.05, 0.1) is 6.20 Å². The molecule has 0 spiro atoms. The van der Waals surface area contributed by atoms with Gasteiger partial charge in [-0.25, -0.2) is 4.39 Å². The van der Waals surface area contributed by atoms with E-state index in [-0.39, 0.29) is 5.82 Å². The first-order chi connectivity index (χ1) is 7.63. The third kappa shape index (κ3) is 3.16. The molecule has 2 rings (SSSR count). The number of rotatable bonds is 4. The van der Waals surface area contributed by atoms with Gasteiger partial charge < -0.3 is 4.90 Å². The molecule has 88 valence electrons. The Kier molecular flexibility index (Phi) is 3.77. The molecule has 1 fully saturated rings. The van der Waals surface area contributed by atoms with Gasteiger partial charge >= 0.3 is 0 Å². The van der Waals surface area contributed by atoms with Gasteiger partial charge in [-0.2, -0.15) is 0 Å².